The topological polar surface area (TPSA) is 43.7 Å². The number of piperidine rings is 1. The third-order valence-corrected chi connectivity index (χ3v) is 3.84. The molecule has 0 spiro atoms. The summed E-state index contributed by atoms with van der Waals surface area (Å²) in [4.78, 5) is 2.14. The molecule has 0 aliphatic carbocycles. The van der Waals surface area contributed by atoms with Crippen LogP contribution in [0.1, 0.15) is 18.9 Å². The van der Waals surface area contributed by atoms with Crippen LogP contribution < -0.4 is 4.90 Å². The number of nitrogens with zero attached hydrogens (tertiary/aromatic N) is 1. The zero-order valence-electron chi connectivity index (χ0n) is 9.93. The zero-order chi connectivity index (χ0) is 12.4. The Morgan fingerprint density at radius 2 is 2.24 bits per heavy atom. The maximum Gasteiger partial charge on any atom is 0.0741 e. The van der Waals surface area contributed by atoms with E-state index in [0.717, 1.165) is 24.2 Å². The largest absolute Gasteiger partial charge is 0.392 e. The van der Waals surface area contributed by atoms with Gasteiger partial charge in [-0.2, -0.15) is 0 Å². The van der Waals surface area contributed by atoms with E-state index >= 15 is 0 Å². The molecule has 4 heteroatoms. The van der Waals surface area contributed by atoms with Gasteiger partial charge >= 0.3 is 0 Å². The lowest BCUT2D eigenvalue weighted by Crippen LogP contribution is -2.42. The first-order chi connectivity index (χ1) is 8.11. The summed E-state index contributed by atoms with van der Waals surface area (Å²) < 4.78 is 0. The molecule has 2 N–H and O–H groups in total. The third-order valence-electron chi connectivity index (χ3n) is 3.49. The van der Waals surface area contributed by atoms with Gasteiger partial charge in [0.15, 0.2) is 0 Å². The number of anilines is 1. The molecule has 2 rings (SSSR count). The smallest absolute Gasteiger partial charge is 0.0741 e. The van der Waals surface area contributed by atoms with Crippen molar-refractivity contribution in [3.8, 4) is 0 Å². The Morgan fingerprint density at radius 3 is 2.82 bits per heavy atom. The van der Waals surface area contributed by atoms with Crippen LogP contribution in [0, 0.1) is 5.92 Å². The molecule has 1 fully saturated rings. The van der Waals surface area contributed by atoms with Crippen LogP contribution in [0.4, 0.5) is 5.69 Å². The molecule has 1 aliphatic rings. The van der Waals surface area contributed by atoms with Crippen molar-refractivity contribution in [2.75, 3.05) is 18.0 Å². The van der Waals surface area contributed by atoms with Crippen LogP contribution in [0.5, 0.6) is 0 Å². The third kappa shape index (κ3) is 2.73. The summed E-state index contributed by atoms with van der Waals surface area (Å²) in [6, 6.07) is 5.64. The van der Waals surface area contributed by atoms with E-state index in [1.807, 2.05) is 18.2 Å². The summed E-state index contributed by atoms with van der Waals surface area (Å²) in [7, 11) is 0. The van der Waals surface area contributed by atoms with Crippen LogP contribution in [0.3, 0.4) is 0 Å². The van der Waals surface area contributed by atoms with Crippen molar-refractivity contribution < 1.29 is 10.2 Å². The molecular formula is C13H18ClNO2. The van der Waals surface area contributed by atoms with Gasteiger partial charge in [-0.1, -0.05) is 24.6 Å². The summed E-state index contributed by atoms with van der Waals surface area (Å²) in [6.45, 7) is 3.62. The molecule has 1 aromatic carbocycles. The highest BCUT2D eigenvalue weighted by atomic mass is 35.5. The maximum absolute atomic E-state index is 9.86. The normalized spacial score (nSPS) is 25.1. The maximum atomic E-state index is 9.86. The van der Waals surface area contributed by atoms with E-state index in [9.17, 15) is 5.11 Å². The summed E-state index contributed by atoms with van der Waals surface area (Å²) in [5.74, 6) is 0.360. The number of rotatable bonds is 2. The first-order valence-corrected chi connectivity index (χ1v) is 6.32. The second kappa shape index (κ2) is 5.25. The molecule has 1 aromatic rings. The molecule has 0 saturated carbocycles. The van der Waals surface area contributed by atoms with Gasteiger partial charge in [-0.05, 0) is 30.0 Å². The standard InChI is InChI=1S/C13H18ClNO2/c1-9-4-5-15(7-13(9)17)11-3-2-10(8-16)12(14)6-11/h2-3,6,9,13,16-17H,4-5,7-8H2,1H3. The Morgan fingerprint density at radius 1 is 1.47 bits per heavy atom. The van der Waals surface area contributed by atoms with Crippen molar-refractivity contribution in [3.63, 3.8) is 0 Å². The second-order valence-electron chi connectivity index (χ2n) is 4.71. The Hall–Kier alpha value is -0.770. The summed E-state index contributed by atoms with van der Waals surface area (Å²) in [6.07, 6.45) is 0.709. The van der Waals surface area contributed by atoms with E-state index in [2.05, 4.69) is 11.8 Å². The first kappa shape index (κ1) is 12.7. The van der Waals surface area contributed by atoms with Gasteiger partial charge in [0.2, 0.25) is 0 Å². The van der Waals surface area contributed by atoms with Crippen molar-refractivity contribution in [1.29, 1.82) is 0 Å². The quantitative estimate of drug-likeness (QED) is 0.850. The predicted molar refractivity (Wildman–Crippen MR) is 69.4 cm³/mol. The van der Waals surface area contributed by atoms with Crippen LogP contribution in [0.15, 0.2) is 18.2 Å². The molecule has 1 aliphatic heterocycles. The van der Waals surface area contributed by atoms with Crippen LogP contribution >= 0.6 is 11.6 Å². The van der Waals surface area contributed by atoms with Gasteiger partial charge in [0.25, 0.3) is 0 Å². The molecule has 0 radical (unpaired) electrons. The number of aliphatic hydroxyl groups excluding tert-OH is 2. The van der Waals surface area contributed by atoms with Crippen LogP contribution in [0.2, 0.25) is 5.02 Å². The SMILES string of the molecule is CC1CCN(c2ccc(CO)c(Cl)c2)CC1O. The number of hydrogen-bond donors (Lipinski definition) is 2. The van der Waals surface area contributed by atoms with E-state index in [0.29, 0.717) is 17.5 Å². The molecule has 3 nitrogen and oxygen atoms in total. The lowest BCUT2D eigenvalue weighted by Gasteiger charge is -2.36. The van der Waals surface area contributed by atoms with Crippen LogP contribution in [0.25, 0.3) is 0 Å². The van der Waals surface area contributed by atoms with Gasteiger partial charge in [0.05, 0.1) is 12.7 Å². The van der Waals surface area contributed by atoms with Gasteiger partial charge in [-0.15, -0.1) is 0 Å². The highest BCUT2D eigenvalue weighted by molar-refractivity contribution is 6.31. The van der Waals surface area contributed by atoms with Gasteiger partial charge in [0.1, 0.15) is 0 Å². The zero-order valence-corrected chi connectivity index (χ0v) is 10.7. The van der Waals surface area contributed by atoms with E-state index in [1.165, 1.54) is 0 Å². The molecule has 1 heterocycles. The Bertz CT molecular complexity index is 397. The molecule has 1 saturated heterocycles. The fourth-order valence-corrected chi connectivity index (χ4v) is 2.38. The van der Waals surface area contributed by atoms with E-state index < -0.39 is 0 Å². The van der Waals surface area contributed by atoms with Crippen molar-refractivity contribution >= 4 is 17.3 Å². The number of aliphatic hydroxyl groups is 2. The lowest BCUT2D eigenvalue weighted by molar-refractivity contribution is 0.103. The average molecular weight is 256 g/mol. The second-order valence-corrected chi connectivity index (χ2v) is 5.12. The molecule has 2 atom stereocenters. The van der Waals surface area contributed by atoms with Crippen LogP contribution in [-0.2, 0) is 6.61 Å². The van der Waals surface area contributed by atoms with Gasteiger partial charge in [-0.25, -0.2) is 0 Å². The number of benzene rings is 1. The molecule has 0 bridgehead atoms. The fraction of sp³-hybridized carbons (Fsp3) is 0.538. The van der Waals surface area contributed by atoms with Crippen molar-refractivity contribution in [1.82, 2.24) is 0 Å². The summed E-state index contributed by atoms with van der Waals surface area (Å²) in [5.41, 5.74) is 1.75. The van der Waals surface area contributed by atoms with Crippen molar-refractivity contribution in [2.24, 2.45) is 5.92 Å². The van der Waals surface area contributed by atoms with E-state index in [4.69, 9.17) is 16.7 Å². The highest BCUT2D eigenvalue weighted by Gasteiger charge is 2.24. The highest BCUT2D eigenvalue weighted by Crippen LogP contribution is 2.27. The predicted octanol–water partition coefficient (Wildman–Crippen LogP) is 2.04. The van der Waals surface area contributed by atoms with Gasteiger partial charge < -0.3 is 15.1 Å². The average Bonchev–Trinajstić information content (AvgIpc) is 2.32. The number of β-amino-alcohol motifs (C(OH)–C–C–N with tert-alkyl or cyclic N) is 1. The Balaban J connectivity index is 2.15. The lowest BCUT2D eigenvalue weighted by atomic mass is 9.95. The Kier molecular flexibility index (Phi) is 3.92. The van der Waals surface area contributed by atoms with Gasteiger partial charge in [-0.3, -0.25) is 0 Å². The molecule has 17 heavy (non-hydrogen) atoms. The van der Waals surface area contributed by atoms with Crippen LogP contribution in [-0.4, -0.2) is 29.4 Å². The minimum atomic E-state index is -0.278. The minimum absolute atomic E-state index is 0.0429. The van der Waals surface area contributed by atoms with Crippen molar-refractivity contribution in [3.05, 3.63) is 28.8 Å². The Labute approximate surface area is 107 Å². The molecule has 2 unspecified atom stereocenters. The number of hydrogen-bond acceptors (Lipinski definition) is 3. The van der Waals surface area contributed by atoms with Gasteiger partial charge in [0, 0.05) is 23.8 Å². The molecule has 0 amide bonds. The summed E-state index contributed by atoms with van der Waals surface area (Å²) >= 11 is 6.06. The number of halogens is 1. The monoisotopic (exact) mass is 255 g/mol. The van der Waals surface area contributed by atoms with Crippen molar-refractivity contribution in [2.45, 2.75) is 26.1 Å². The minimum Gasteiger partial charge on any atom is -0.392 e. The fourth-order valence-electron chi connectivity index (χ4n) is 2.14. The molecule has 94 valence electrons. The van der Waals surface area contributed by atoms with E-state index in [1.54, 1.807) is 0 Å². The van der Waals surface area contributed by atoms with E-state index in [-0.39, 0.29) is 12.7 Å². The first-order valence-electron chi connectivity index (χ1n) is 5.94. The molecular weight excluding hydrogens is 238 g/mol. The molecule has 0 aromatic heterocycles. The summed E-state index contributed by atoms with van der Waals surface area (Å²) in [5, 5.41) is 19.5.